The minimum absolute atomic E-state index is 0.170. The fraction of sp³-hybridized carbons (Fsp3) is 0. The Labute approximate surface area is 321 Å². The van der Waals surface area contributed by atoms with Crippen molar-refractivity contribution < 1.29 is 0 Å². The fourth-order valence-corrected chi connectivity index (χ4v) is 12.5. The summed E-state index contributed by atoms with van der Waals surface area (Å²) in [6.07, 6.45) is 0. The second-order valence-corrected chi connectivity index (χ2v) is 16.6. The molecule has 0 radical (unpaired) electrons. The van der Waals surface area contributed by atoms with Crippen LogP contribution in [-0.2, 0) is 0 Å². The van der Waals surface area contributed by atoms with Gasteiger partial charge in [0.1, 0.15) is 0 Å². The van der Waals surface area contributed by atoms with Gasteiger partial charge in [-0.05, 0) is 89.2 Å². The molecule has 12 aromatic rings. The molecule has 10 aromatic carbocycles. The fourth-order valence-electron chi connectivity index (χ4n) is 12.5. The zero-order valence-corrected chi connectivity index (χ0v) is 30.1. The quantitative estimate of drug-likeness (QED) is 0.111. The van der Waals surface area contributed by atoms with Crippen LogP contribution in [0.3, 0.4) is 0 Å². The molecule has 0 fully saturated rings. The Morgan fingerprint density at radius 3 is 1.61 bits per heavy atom. The number of hydrogen-bond donors (Lipinski definition) is 0. The van der Waals surface area contributed by atoms with Crippen LogP contribution in [0.1, 0.15) is 0 Å². The van der Waals surface area contributed by atoms with Crippen LogP contribution in [0.2, 0.25) is 0 Å². The van der Waals surface area contributed by atoms with Crippen molar-refractivity contribution in [1.29, 1.82) is 0 Å². The highest BCUT2D eigenvalue weighted by molar-refractivity contribution is 7.03. The van der Waals surface area contributed by atoms with Crippen LogP contribution >= 0.6 is 0 Å². The van der Waals surface area contributed by atoms with E-state index in [4.69, 9.17) is 0 Å². The largest absolute Gasteiger partial charge is 0.310 e. The molecule has 0 N–H and O–H groups in total. The summed E-state index contributed by atoms with van der Waals surface area (Å²) in [7, 11) is 0. The zero-order valence-electron chi connectivity index (χ0n) is 30.1. The predicted molar refractivity (Wildman–Crippen MR) is 239 cm³/mol. The molecule has 6 heterocycles. The van der Waals surface area contributed by atoms with E-state index < -0.39 is 0 Å². The van der Waals surface area contributed by atoms with Crippen LogP contribution in [0, 0.1) is 0 Å². The molecule has 4 aliphatic rings. The van der Waals surface area contributed by atoms with Gasteiger partial charge in [0.05, 0.1) is 11.0 Å². The molecule has 0 amide bonds. The number of fused-ring (bicyclic) bond motifs is 20. The Bertz CT molecular complexity index is 3900. The molecule has 0 aliphatic carbocycles. The second-order valence-electron chi connectivity index (χ2n) is 16.6. The Hall–Kier alpha value is -7.03. The maximum Gasteiger partial charge on any atom is 0.249 e. The number of rotatable bonds is 0. The van der Waals surface area contributed by atoms with Gasteiger partial charge in [0.15, 0.2) is 0 Å². The van der Waals surface area contributed by atoms with Crippen molar-refractivity contribution in [3.05, 3.63) is 158 Å². The molecule has 0 spiro atoms. The number of aromatic nitrogens is 2. The third-order valence-electron chi connectivity index (χ3n) is 14.4. The lowest BCUT2D eigenvalue weighted by Crippen LogP contribution is -2.53. The Kier molecular flexibility index (Phi) is 4.38. The number of para-hydroxylation sites is 2. The summed E-state index contributed by atoms with van der Waals surface area (Å²) < 4.78 is 5.24. The summed E-state index contributed by atoms with van der Waals surface area (Å²) in [6, 6.07) is 60.8. The monoisotopic (exact) mass is 700 g/mol. The van der Waals surface area contributed by atoms with E-state index in [2.05, 4.69) is 167 Å². The smallest absolute Gasteiger partial charge is 0.249 e. The van der Waals surface area contributed by atoms with Gasteiger partial charge in [-0.15, -0.1) is 0 Å². The minimum Gasteiger partial charge on any atom is -0.310 e. The summed E-state index contributed by atoms with van der Waals surface area (Å²) in [5, 5.41) is 13.5. The van der Waals surface area contributed by atoms with Gasteiger partial charge in [0.2, 0.25) is 13.4 Å². The average Bonchev–Trinajstić information content (AvgIpc) is 3.98. The highest BCUT2D eigenvalue weighted by Gasteiger charge is 2.44. The topological polar surface area (TPSA) is 9.86 Å². The Morgan fingerprint density at radius 1 is 0.339 bits per heavy atom. The first-order chi connectivity index (χ1) is 27.8. The van der Waals surface area contributed by atoms with Gasteiger partial charge in [-0.3, -0.25) is 0 Å². The number of nitrogens with zero attached hydrogens (tertiary/aromatic N) is 2. The molecule has 0 saturated heterocycles. The van der Waals surface area contributed by atoms with E-state index in [0.717, 1.165) is 0 Å². The minimum atomic E-state index is 0.170. The molecular weight excluding hydrogens is 674 g/mol. The Balaban J connectivity index is 1.10. The molecule has 56 heavy (non-hydrogen) atoms. The van der Waals surface area contributed by atoms with Crippen molar-refractivity contribution >= 4 is 122 Å². The molecule has 0 bridgehead atoms. The van der Waals surface area contributed by atoms with Gasteiger partial charge in [-0.1, -0.05) is 150 Å². The van der Waals surface area contributed by atoms with E-state index >= 15 is 0 Å². The van der Waals surface area contributed by atoms with Crippen molar-refractivity contribution in [3.8, 4) is 33.6 Å². The molecule has 0 atom stereocenters. The second kappa shape index (κ2) is 8.91. The third kappa shape index (κ3) is 2.78. The molecule has 4 heteroatoms. The average molecular weight is 700 g/mol. The van der Waals surface area contributed by atoms with Crippen LogP contribution in [-0.4, -0.2) is 22.6 Å². The molecule has 2 nitrogen and oxygen atoms in total. The normalized spacial score (nSPS) is 14.0. The first-order valence-electron chi connectivity index (χ1n) is 19.9. The lowest BCUT2D eigenvalue weighted by Gasteiger charge is -2.30. The van der Waals surface area contributed by atoms with E-state index in [1.54, 1.807) is 0 Å². The van der Waals surface area contributed by atoms with Gasteiger partial charge in [0, 0.05) is 49.3 Å². The predicted octanol–water partition coefficient (Wildman–Crippen LogP) is 8.40. The molecule has 0 saturated carbocycles. The summed E-state index contributed by atoms with van der Waals surface area (Å²) in [4.78, 5) is 0. The van der Waals surface area contributed by atoms with Crippen molar-refractivity contribution in [2.24, 2.45) is 0 Å². The SMILES string of the molecule is c1ccc2c(c1)B1c3c(cc4ccc5c6c(cc7ccc3c4c75)B3c4ccccc4-c4ccc5c7ccccc7n-6c5c43)-n3c4ccccc4c4ccc-2c1c43. The van der Waals surface area contributed by atoms with E-state index in [1.807, 2.05) is 0 Å². The van der Waals surface area contributed by atoms with Crippen molar-refractivity contribution in [2.45, 2.75) is 0 Å². The van der Waals surface area contributed by atoms with Gasteiger partial charge < -0.3 is 9.13 Å². The van der Waals surface area contributed by atoms with Crippen molar-refractivity contribution in [2.75, 3.05) is 0 Å². The van der Waals surface area contributed by atoms with E-state index in [9.17, 15) is 0 Å². The zero-order chi connectivity index (χ0) is 35.7. The molecule has 2 aromatic heterocycles. The molecule has 16 rings (SSSR count). The maximum absolute atomic E-state index is 2.64. The number of benzene rings is 10. The molecule has 250 valence electrons. The molecule has 0 unspecified atom stereocenters. The first kappa shape index (κ1) is 27.5. The number of hydrogen-bond acceptors (Lipinski definition) is 0. The van der Waals surface area contributed by atoms with Gasteiger partial charge in [-0.25, -0.2) is 0 Å². The Morgan fingerprint density at radius 2 is 0.875 bits per heavy atom. The van der Waals surface area contributed by atoms with Crippen LogP contribution in [0.4, 0.5) is 0 Å². The van der Waals surface area contributed by atoms with E-state index in [1.165, 1.54) is 142 Å². The van der Waals surface area contributed by atoms with Crippen LogP contribution in [0.25, 0.3) is 110 Å². The third-order valence-corrected chi connectivity index (χ3v) is 14.4. The van der Waals surface area contributed by atoms with Crippen LogP contribution < -0.4 is 32.8 Å². The van der Waals surface area contributed by atoms with Crippen LogP contribution in [0.5, 0.6) is 0 Å². The maximum atomic E-state index is 2.64. The van der Waals surface area contributed by atoms with Crippen LogP contribution in [0.15, 0.2) is 158 Å². The van der Waals surface area contributed by atoms with Gasteiger partial charge in [0.25, 0.3) is 0 Å². The van der Waals surface area contributed by atoms with E-state index in [-0.39, 0.29) is 13.4 Å². The lowest BCUT2D eigenvalue weighted by molar-refractivity contribution is 1.20. The first-order valence-corrected chi connectivity index (χ1v) is 19.9. The summed E-state index contributed by atoms with van der Waals surface area (Å²) >= 11 is 0. The summed E-state index contributed by atoms with van der Waals surface area (Å²) in [5.41, 5.74) is 22.1. The van der Waals surface area contributed by atoms with Gasteiger partial charge in [-0.2, -0.15) is 0 Å². The van der Waals surface area contributed by atoms with Crippen molar-refractivity contribution in [1.82, 2.24) is 9.13 Å². The van der Waals surface area contributed by atoms with Crippen molar-refractivity contribution in [3.63, 3.8) is 0 Å². The molecular formula is C52H26B2N2. The lowest BCUT2D eigenvalue weighted by atomic mass is 9.36. The molecule has 4 aliphatic heterocycles. The van der Waals surface area contributed by atoms with E-state index in [0.29, 0.717) is 0 Å². The standard InChI is InChI=1S/C52H26B2N2/c1-5-13-39-29(9-1)33-21-24-36-32-12-4-8-16-43(32)56-50-38-20-18-28-26-44-47(37-19-17-27(46(38)45(28)37)25-41(50)53(39)48(33)52(36)56)54-40-14-6-2-10-30(40)34-22-23-35-31-11-3-7-15-42(31)55(44)51(35)49(34)54/h1-26H. The summed E-state index contributed by atoms with van der Waals surface area (Å²) in [5.74, 6) is 0. The highest BCUT2D eigenvalue weighted by atomic mass is 15.0. The van der Waals surface area contributed by atoms with Gasteiger partial charge >= 0.3 is 0 Å². The highest BCUT2D eigenvalue weighted by Crippen LogP contribution is 2.45. The summed E-state index contributed by atoms with van der Waals surface area (Å²) in [6.45, 7) is 0.365.